The van der Waals surface area contributed by atoms with Crippen LogP contribution in [0.2, 0.25) is 0 Å². The van der Waals surface area contributed by atoms with Gasteiger partial charge in [0.25, 0.3) is 0 Å². The summed E-state index contributed by atoms with van der Waals surface area (Å²) in [4.78, 5) is 0. The van der Waals surface area contributed by atoms with Crippen LogP contribution in [0.4, 0.5) is 5.69 Å². The van der Waals surface area contributed by atoms with Crippen molar-refractivity contribution >= 4 is 5.69 Å². The highest BCUT2D eigenvalue weighted by Crippen LogP contribution is 2.15. The van der Waals surface area contributed by atoms with Gasteiger partial charge >= 0.3 is 0 Å². The van der Waals surface area contributed by atoms with Gasteiger partial charge in [0.05, 0.1) is 11.6 Å². The number of benzene rings is 1. The lowest BCUT2D eigenvalue weighted by Gasteiger charge is -2.08. The van der Waals surface area contributed by atoms with Gasteiger partial charge in [-0.15, -0.1) is 0 Å². The Morgan fingerprint density at radius 1 is 1.50 bits per heavy atom. The third-order valence-electron chi connectivity index (χ3n) is 2.01. The van der Waals surface area contributed by atoms with E-state index in [1.54, 1.807) is 6.07 Å². The zero-order chi connectivity index (χ0) is 10.4. The third kappa shape index (κ3) is 2.75. The molecule has 0 saturated carbocycles. The van der Waals surface area contributed by atoms with Gasteiger partial charge in [-0.05, 0) is 37.1 Å². The molecule has 0 heterocycles. The van der Waals surface area contributed by atoms with Crippen molar-refractivity contribution in [3.63, 3.8) is 0 Å². The highest BCUT2D eigenvalue weighted by Gasteiger charge is 1.98. The van der Waals surface area contributed by atoms with Gasteiger partial charge in [-0.1, -0.05) is 0 Å². The van der Waals surface area contributed by atoms with Gasteiger partial charge in [0, 0.05) is 18.8 Å². The minimum atomic E-state index is 0.197. The summed E-state index contributed by atoms with van der Waals surface area (Å²) in [6.07, 6.45) is 0.736. The predicted molar refractivity (Wildman–Crippen MR) is 56.1 cm³/mol. The number of hydrogen-bond acceptors (Lipinski definition) is 3. The van der Waals surface area contributed by atoms with Gasteiger partial charge in [-0.3, -0.25) is 0 Å². The molecule has 0 aromatic heterocycles. The zero-order valence-electron chi connectivity index (χ0n) is 8.25. The number of anilines is 1. The average Bonchev–Trinajstić information content (AvgIpc) is 2.20. The Morgan fingerprint density at radius 2 is 2.29 bits per heavy atom. The molecule has 0 saturated heterocycles. The molecule has 0 aliphatic carbocycles. The number of rotatable bonds is 4. The highest BCUT2D eigenvalue weighted by molar-refractivity contribution is 5.53. The molecule has 3 heteroatoms. The molecule has 1 rings (SSSR count). The number of nitrogens with one attached hydrogen (secondary N) is 1. The second-order valence-electron chi connectivity index (χ2n) is 3.15. The summed E-state index contributed by atoms with van der Waals surface area (Å²) in [7, 11) is 0. The van der Waals surface area contributed by atoms with Crippen LogP contribution in [0.15, 0.2) is 18.2 Å². The maximum absolute atomic E-state index is 8.66. The summed E-state index contributed by atoms with van der Waals surface area (Å²) in [5.41, 5.74) is 2.76. The van der Waals surface area contributed by atoms with Gasteiger partial charge in [0.15, 0.2) is 0 Å². The highest BCUT2D eigenvalue weighted by atomic mass is 16.3. The Hall–Kier alpha value is -1.53. The average molecular weight is 190 g/mol. The molecule has 0 aliphatic rings. The van der Waals surface area contributed by atoms with Crippen molar-refractivity contribution < 1.29 is 5.11 Å². The summed E-state index contributed by atoms with van der Waals surface area (Å²) in [5.74, 6) is 0. The van der Waals surface area contributed by atoms with Crippen LogP contribution in [0.1, 0.15) is 17.5 Å². The van der Waals surface area contributed by atoms with Crippen LogP contribution in [0.25, 0.3) is 0 Å². The number of aryl methyl sites for hydroxylation is 1. The van der Waals surface area contributed by atoms with Crippen LogP contribution in [0.3, 0.4) is 0 Å². The van der Waals surface area contributed by atoms with Crippen LogP contribution in [-0.4, -0.2) is 18.3 Å². The number of aliphatic hydroxyl groups excluding tert-OH is 1. The molecular formula is C11H14N2O. The maximum atomic E-state index is 8.66. The molecule has 0 atom stereocenters. The SMILES string of the molecule is Cc1cc(C#N)ccc1NCCCO. The largest absolute Gasteiger partial charge is 0.396 e. The Morgan fingerprint density at radius 3 is 2.86 bits per heavy atom. The second kappa shape index (κ2) is 5.25. The van der Waals surface area contributed by atoms with Crippen LogP contribution in [0, 0.1) is 18.3 Å². The zero-order valence-corrected chi connectivity index (χ0v) is 8.25. The lowest BCUT2D eigenvalue weighted by Crippen LogP contribution is -2.04. The fraction of sp³-hybridized carbons (Fsp3) is 0.364. The smallest absolute Gasteiger partial charge is 0.0991 e. The number of nitrogens with zero attached hydrogens (tertiary/aromatic N) is 1. The summed E-state index contributed by atoms with van der Waals surface area (Å²) < 4.78 is 0. The normalized spacial score (nSPS) is 9.50. The fourth-order valence-electron chi connectivity index (χ4n) is 1.23. The van der Waals surface area contributed by atoms with Crippen LogP contribution >= 0.6 is 0 Å². The molecule has 2 N–H and O–H groups in total. The molecule has 0 bridgehead atoms. The first-order valence-corrected chi connectivity index (χ1v) is 4.63. The van der Waals surface area contributed by atoms with E-state index in [1.165, 1.54) is 0 Å². The molecule has 1 aromatic rings. The first-order valence-electron chi connectivity index (χ1n) is 4.63. The molecule has 0 fully saturated rings. The van der Waals surface area contributed by atoms with E-state index in [9.17, 15) is 0 Å². The summed E-state index contributed by atoms with van der Waals surface area (Å²) in [5, 5.41) is 20.5. The second-order valence-corrected chi connectivity index (χ2v) is 3.15. The van der Waals surface area contributed by atoms with E-state index in [4.69, 9.17) is 10.4 Å². The molecule has 1 aromatic carbocycles. The van der Waals surface area contributed by atoms with E-state index in [0.29, 0.717) is 5.56 Å². The van der Waals surface area contributed by atoms with E-state index in [0.717, 1.165) is 24.2 Å². The Labute approximate surface area is 84.0 Å². The van der Waals surface area contributed by atoms with Gasteiger partial charge in [0.1, 0.15) is 0 Å². The standard InChI is InChI=1S/C11H14N2O/c1-9-7-10(8-12)3-4-11(9)13-5-2-6-14/h3-4,7,13-14H,2,5-6H2,1H3. The summed E-state index contributed by atoms with van der Waals surface area (Å²) >= 11 is 0. The van der Waals surface area contributed by atoms with E-state index >= 15 is 0 Å². The molecule has 14 heavy (non-hydrogen) atoms. The maximum Gasteiger partial charge on any atom is 0.0991 e. The Kier molecular flexibility index (Phi) is 3.96. The Balaban J connectivity index is 2.65. The van der Waals surface area contributed by atoms with Crippen LogP contribution in [-0.2, 0) is 0 Å². The van der Waals surface area contributed by atoms with Crippen molar-refractivity contribution in [3.8, 4) is 6.07 Å². The topological polar surface area (TPSA) is 56.0 Å². The minimum absolute atomic E-state index is 0.197. The van der Waals surface area contributed by atoms with Crippen molar-refractivity contribution in [2.45, 2.75) is 13.3 Å². The fourth-order valence-corrected chi connectivity index (χ4v) is 1.23. The van der Waals surface area contributed by atoms with E-state index in [2.05, 4.69) is 11.4 Å². The van der Waals surface area contributed by atoms with Crippen LogP contribution in [0.5, 0.6) is 0 Å². The quantitative estimate of drug-likeness (QED) is 0.710. The van der Waals surface area contributed by atoms with Gasteiger partial charge in [-0.25, -0.2) is 0 Å². The van der Waals surface area contributed by atoms with Crippen molar-refractivity contribution in [3.05, 3.63) is 29.3 Å². The van der Waals surface area contributed by atoms with E-state index < -0.39 is 0 Å². The molecule has 0 spiro atoms. The van der Waals surface area contributed by atoms with E-state index in [1.807, 2.05) is 19.1 Å². The number of aliphatic hydroxyl groups is 1. The number of nitriles is 1. The van der Waals surface area contributed by atoms with Crippen molar-refractivity contribution in [2.75, 3.05) is 18.5 Å². The van der Waals surface area contributed by atoms with Crippen molar-refractivity contribution in [1.29, 1.82) is 5.26 Å². The third-order valence-corrected chi connectivity index (χ3v) is 2.01. The first kappa shape index (κ1) is 10.6. The molecular weight excluding hydrogens is 176 g/mol. The molecule has 0 aliphatic heterocycles. The summed E-state index contributed by atoms with van der Waals surface area (Å²) in [6.45, 7) is 2.91. The predicted octanol–water partition coefficient (Wildman–Crippen LogP) is 1.66. The van der Waals surface area contributed by atoms with Gasteiger partial charge in [-0.2, -0.15) is 5.26 Å². The lowest BCUT2D eigenvalue weighted by atomic mass is 10.1. The van der Waals surface area contributed by atoms with Gasteiger partial charge < -0.3 is 10.4 Å². The molecule has 3 nitrogen and oxygen atoms in total. The van der Waals surface area contributed by atoms with Crippen LogP contribution < -0.4 is 5.32 Å². The van der Waals surface area contributed by atoms with E-state index in [-0.39, 0.29) is 6.61 Å². The minimum Gasteiger partial charge on any atom is -0.396 e. The monoisotopic (exact) mass is 190 g/mol. The molecule has 74 valence electrons. The lowest BCUT2D eigenvalue weighted by molar-refractivity contribution is 0.292. The first-order chi connectivity index (χ1) is 6.77. The van der Waals surface area contributed by atoms with Crippen molar-refractivity contribution in [1.82, 2.24) is 0 Å². The summed E-state index contributed by atoms with van der Waals surface area (Å²) in [6, 6.07) is 7.62. The van der Waals surface area contributed by atoms with Gasteiger partial charge in [0.2, 0.25) is 0 Å². The number of hydrogen-bond donors (Lipinski definition) is 2. The Bertz CT molecular complexity index is 342. The molecule has 0 amide bonds. The van der Waals surface area contributed by atoms with Crippen molar-refractivity contribution in [2.24, 2.45) is 0 Å². The molecule has 0 radical (unpaired) electrons. The molecule has 0 unspecified atom stereocenters.